The smallest absolute Gasteiger partial charge is 0.134 e. The van der Waals surface area contributed by atoms with Crippen molar-refractivity contribution in [1.82, 2.24) is 9.97 Å². The van der Waals surface area contributed by atoms with Gasteiger partial charge < -0.3 is 15.4 Å². The molecule has 5 heteroatoms. The lowest BCUT2D eigenvalue weighted by Gasteiger charge is -2.11. The molecule has 5 nitrogen and oxygen atoms in total. The molecule has 1 heterocycles. The molecule has 0 unspecified atom stereocenters. The van der Waals surface area contributed by atoms with Crippen LogP contribution in [0.2, 0.25) is 0 Å². The topological polar surface area (TPSA) is 59.1 Å². The van der Waals surface area contributed by atoms with Crippen LogP contribution < -0.4 is 10.6 Å². The van der Waals surface area contributed by atoms with Gasteiger partial charge in [-0.15, -0.1) is 0 Å². The fraction of sp³-hybridized carbons (Fsp3) is 0.714. The third kappa shape index (κ3) is 5.87. The maximum Gasteiger partial charge on any atom is 0.134 e. The first-order valence-electron chi connectivity index (χ1n) is 7.16. The molecule has 0 atom stereocenters. The molecule has 19 heavy (non-hydrogen) atoms. The first kappa shape index (κ1) is 15.7. The van der Waals surface area contributed by atoms with Gasteiger partial charge in [-0.25, -0.2) is 9.97 Å². The van der Waals surface area contributed by atoms with Gasteiger partial charge in [-0.3, -0.25) is 0 Å². The van der Waals surface area contributed by atoms with Crippen molar-refractivity contribution in [2.24, 2.45) is 0 Å². The second-order valence-electron chi connectivity index (χ2n) is 4.47. The average Bonchev–Trinajstić information content (AvgIpc) is 2.42. The fourth-order valence-corrected chi connectivity index (χ4v) is 1.70. The van der Waals surface area contributed by atoms with Crippen LogP contribution in [-0.2, 0) is 4.74 Å². The molecular formula is C14H26N4O. The maximum atomic E-state index is 5.52. The van der Waals surface area contributed by atoms with Crippen LogP contribution >= 0.6 is 0 Å². The summed E-state index contributed by atoms with van der Waals surface area (Å²) in [6.45, 7) is 9.66. The Balaban J connectivity index is 2.27. The Bertz CT molecular complexity index is 357. The molecule has 0 aliphatic carbocycles. The third-order valence-corrected chi connectivity index (χ3v) is 2.83. The molecule has 0 saturated carbocycles. The minimum Gasteiger partial charge on any atom is -0.381 e. The second kappa shape index (κ2) is 9.55. The molecule has 1 rings (SSSR count). The molecule has 1 aromatic heterocycles. The number of anilines is 2. The highest BCUT2D eigenvalue weighted by molar-refractivity contribution is 5.56. The number of hydrogen-bond acceptors (Lipinski definition) is 5. The lowest BCUT2D eigenvalue weighted by molar-refractivity contribution is 0.131. The van der Waals surface area contributed by atoms with Gasteiger partial charge in [0.25, 0.3) is 0 Å². The predicted molar refractivity (Wildman–Crippen MR) is 79.8 cm³/mol. The van der Waals surface area contributed by atoms with Gasteiger partial charge in [0, 0.05) is 31.9 Å². The molecule has 1 aromatic rings. The molecule has 0 spiro atoms. The zero-order valence-corrected chi connectivity index (χ0v) is 12.3. The van der Waals surface area contributed by atoms with Crippen LogP contribution in [-0.4, -0.2) is 36.3 Å². The Labute approximate surface area is 116 Å². The number of ether oxygens (including phenoxy) is 1. The number of aromatic nitrogens is 2. The van der Waals surface area contributed by atoms with Gasteiger partial charge in [-0.1, -0.05) is 13.3 Å². The van der Waals surface area contributed by atoms with Crippen LogP contribution in [0.5, 0.6) is 0 Å². The Morgan fingerprint density at radius 3 is 2.42 bits per heavy atom. The molecule has 0 aromatic carbocycles. The summed E-state index contributed by atoms with van der Waals surface area (Å²) in [6.07, 6.45) is 4.91. The normalized spacial score (nSPS) is 10.5. The maximum absolute atomic E-state index is 5.52. The highest BCUT2D eigenvalue weighted by atomic mass is 16.5. The predicted octanol–water partition coefficient (Wildman–Crippen LogP) is 2.84. The lowest BCUT2D eigenvalue weighted by atomic mass is 10.3. The van der Waals surface area contributed by atoms with E-state index in [0.717, 1.165) is 56.3 Å². The SMILES string of the molecule is CCCCOCCCNc1ncnc(NCC)c1C. The zero-order chi connectivity index (χ0) is 13.9. The average molecular weight is 266 g/mol. The van der Waals surface area contributed by atoms with E-state index in [1.165, 1.54) is 6.42 Å². The molecule has 2 N–H and O–H groups in total. The quantitative estimate of drug-likeness (QED) is 0.638. The lowest BCUT2D eigenvalue weighted by Crippen LogP contribution is -2.10. The van der Waals surface area contributed by atoms with Crippen LogP contribution in [0.25, 0.3) is 0 Å². The van der Waals surface area contributed by atoms with E-state index in [2.05, 4.69) is 34.4 Å². The Hall–Kier alpha value is -1.36. The van der Waals surface area contributed by atoms with Crippen molar-refractivity contribution < 1.29 is 4.74 Å². The third-order valence-electron chi connectivity index (χ3n) is 2.83. The van der Waals surface area contributed by atoms with E-state index in [1.807, 2.05) is 6.92 Å². The Morgan fingerprint density at radius 1 is 1.05 bits per heavy atom. The summed E-state index contributed by atoms with van der Waals surface area (Å²) in [5.74, 6) is 1.80. The van der Waals surface area contributed by atoms with Crippen LogP contribution in [0.15, 0.2) is 6.33 Å². The summed E-state index contributed by atoms with van der Waals surface area (Å²) in [5.41, 5.74) is 1.07. The first-order chi connectivity index (χ1) is 9.29. The summed E-state index contributed by atoms with van der Waals surface area (Å²) in [4.78, 5) is 8.49. The minimum atomic E-state index is 0.803. The number of nitrogens with zero attached hydrogens (tertiary/aromatic N) is 2. The van der Waals surface area contributed by atoms with Crippen LogP contribution in [0, 0.1) is 6.92 Å². The van der Waals surface area contributed by atoms with Gasteiger partial charge in [0.2, 0.25) is 0 Å². The van der Waals surface area contributed by atoms with E-state index in [-0.39, 0.29) is 0 Å². The number of hydrogen-bond donors (Lipinski definition) is 2. The number of rotatable bonds is 10. The molecule has 0 aliphatic heterocycles. The van der Waals surface area contributed by atoms with Crippen molar-refractivity contribution >= 4 is 11.6 Å². The van der Waals surface area contributed by atoms with E-state index in [1.54, 1.807) is 6.33 Å². The molecule has 0 amide bonds. The van der Waals surface area contributed by atoms with Crippen molar-refractivity contribution in [2.45, 2.75) is 40.0 Å². The van der Waals surface area contributed by atoms with Crippen LogP contribution in [0.1, 0.15) is 38.7 Å². The standard InChI is InChI=1S/C14H26N4O/c1-4-6-9-19-10-7-8-16-14-12(3)13(15-5-2)17-11-18-14/h11H,4-10H2,1-3H3,(H2,15,16,17,18). The summed E-state index contributed by atoms with van der Waals surface area (Å²) in [7, 11) is 0. The Morgan fingerprint density at radius 2 is 1.74 bits per heavy atom. The molecule has 0 fully saturated rings. The monoisotopic (exact) mass is 266 g/mol. The van der Waals surface area contributed by atoms with Crippen molar-refractivity contribution in [3.8, 4) is 0 Å². The number of nitrogens with one attached hydrogen (secondary N) is 2. The van der Waals surface area contributed by atoms with Gasteiger partial charge in [-0.2, -0.15) is 0 Å². The summed E-state index contributed by atoms with van der Waals surface area (Å²) < 4.78 is 5.52. The van der Waals surface area contributed by atoms with Crippen molar-refractivity contribution in [3.63, 3.8) is 0 Å². The fourth-order valence-electron chi connectivity index (χ4n) is 1.70. The second-order valence-corrected chi connectivity index (χ2v) is 4.47. The van der Waals surface area contributed by atoms with Gasteiger partial charge in [0.15, 0.2) is 0 Å². The van der Waals surface area contributed by atoms with E-state index in [4.69, 9.17) is 4.74 Å². The molecule has 0 bridgehead atoms. The van der Waals surface area contributed by atoms with E-state index in [9.17, 15) is 0 Å². The van der Waals surface area contributed by atoms with E-state index in [0.29, 0.717) is 0 Å². The Kier molecular flexibility index (Phi) is 7.89. The highest BCUT2D eigenvalue weighted by Gasteiger charge is 2.05. The summed E-state index contributed by atoms with van der Waals surface area (Å²) in [6, 6.07) is 0. The number of unbranched alkanes of at least 4 members (excludes halogenated alkanes) is 1. The summed E-state index contributed by atoms with van der Waals surface area (Å²) in [5, 5.41) is 6.56. The molecule has 0 saturated heterocycles. The first-order valence-corrected chi connectivity index (χ1v) is 7.16. The largest absolute Gasteiger partial charge is 0.381 e. The van der Waals surface area contributed by atoms with E-state index >= 15 is 0 Å². The zero-order valence-electron chi connectivity index (χ0n) is 12.3. The van der Waals surface area contributed by atoms with Gasteiger partial charge in [-0.05, 0) is 26.7 Å². The van der Waals surface area contributed by atoms with Gasteiger partial charge >= 0.3 is 0 Å². The van der Waals surface area contributed by atoms with Crippen molar-refractivity contribution in [3.05, 3.63) is 11.9 Å². The van der Waals surface area contributed by atoms with Crippen molar-refractivity contribution in [1.29, 1.82) is 0 Å². The van der Waals surface area contributed by atoms with Crippen LogP contribution in [0.3, 0.4) is 0 Å². The van der Waals surface area contributed by atoms with Gasteiger partial charge in [0.1, 0.15) is 18.0 Å². The minimum absolute atomic E-state index is 0.803. The van der Waals surface area contributed by atoms with Gasteiger partial charge in [0.05, 0.1) is 0 Å². The highest BCUT2D eigenvalue weighted by Crippen LogP contribution is 2.17. The van der Waals surface area contributed by atoms with Crippen molar-refractivity contribution in [2.75, 3.05) is 36.9 Å². The van der Waals surface area contributed by atoms with E-state index < -0.39 is 0 Å². The van der Waals surface area contributed by atoms with Crippen LogP contribution in [0.4, 0.5) is 11.6 Å². The molecule has 0 radical (unpaired) electrons. The molecule has 108 valence electrons. The molecular weight excluding hydrogens is 240 g/mol. The summed E-state index contributed by atoms with van der Waals surface area (Å²) >= 11 is 0. The molecule has 0 aliphatic rings.